The molecule has 0 bridgehead atoms. The number of thiophene rings is 1. The van der Waals surface area contributed by atoms with E-state index in [2.05, 4.69) is 26.9 Å². The quantitative estimate of drug-likeness (QED) is 0.633. The SMILES string of the molecule is O=C(NC(C(=O)NC1CCCCC1)c1cccs1)c1n[nH]c2cc[c]cc12. The van der Waals surface area contributed by atoms with E-state index in [1.54, 1.807) is 12.1 Å². The molecule has 6 nitrogen and oxygen atoms in total. The summed E-state index contributed by atoms with van der Waals surface area (Å²) in [6, 6.07) is 11.5. The predicted octanol–water partition coefficient (Wildman–Crippen LogP) is 3.34. The maximum atomic E-state index is 12.9. The van der Waals surface area contributed by atoms with Crippen molar-refractivity contribution in [2.75, 3.05) is 0 Å². The van der Waals surface area contributed by atoms with Crippen molar-refractivity contribution in [2.24, 2.45) is 0 Å². The molecule has 4 rings (SSSR count). The fraction of sp³-hybridized carbons (Fsp3) is 0.350. The van der Waals surface area contributed by atoms with Gasteiger partial charge < -0.3 is 10.6 Å². The molecule has 27 heavy (non-hydrogen) atoms. The molecular formula is C20H21N4O2S. The maximum absolute atomic E-state index is 12.9. The standard InChI is InChI=1S/C20H21N4O2S/c25-19(17-14-9-4-5-10-15(14)23-24-17)22-18(16-11-6-12-27-16)20(26)21-13-7-2-1-3-8-13/h5-6,9-13,18H,1-3,7-8H2,(H,21,26)(H,22,25)(H,23,24). The topological polar surface area (TPSA) is 86.9 Å². The molecule has 2 amide bonds. The minimum absolute atomic E-state index is 0.163. The van der Waals surface area contributed by atoms with Crippen molar-refractivity contribution in [1.29, 1.82) is 0 Å². The number of aromatic nitrogens is 2. The highest BCUT2D eigenvalue weighted by Crippen LogP contribution is 2.23. The van der Waals surface area contributed by atoms with Crippen LogP contribution in [0, 0.1) is 6.07 Å². The van der Waals surface area contributed by atoms with Crippen LogP contribution in [0.25, 0.3) is 10.9 Å². The molecular weight excluding hydrogens is 360 g/mol. The van der Waals surface area contributed by atoms with Gasteiger partial charge in [0.25, 0.3) is 5.91 Å². The summed E-state index contributed by atoms with van der Waals surface area (Å²) in [5, 5.41) is 15.5. The summed E-state index contributed by atoms with van der Waals surface area (Å²) >= 11 is 1.45. The van der Waals surface area contributed by atoms with E-state index in [1.165, 1.54) is 17.8 Å². The van der Waals surface area contributed by atoms with Gasteiger partial charge in [-0.2, -0.15) is 5.10 Å². The van der Waals surface area contributed by atoms with Crippen LogP contribution in [0.5, 0.6) is 0 Å². The number of hydrogen-bond donors (Lipinski definition) is 3. The zero-order valence-corrected chi connectivity index (χ0v) is 15.6. The van der Waals surface area contributed by atoms with Gasteiger partial charge in [-0.3, -0.25) is 14.7 Å². The van der Waals surface area contributed by atoms with Gasteiger partial charge in [0.2, 0.25) is 5.91 Å². The minimum Gasteiger partial charge on any atom is -0.351 e. The van der Waals surface area contributed by atoms with Crippen LogP contribution in [0.3, 0.4) is 0 Å². The number of rotatable bonds is 5. The van der Waals surface area contributed by atoms with Gasteiger partial charge >= 0.3 is 0 Å². The molecule has 0 aliphatic heterocycles. The summed E-state index contributed by atoms with van der Waals surface area (Å²) in [6.45, 7) is 0. The van der Waals surface area contributed by atoms with Crippen molar-refractivity contribution in [2.45, 2.75) is 44.2 Å². The summed E-state index contributed by atoms with van der Waals surface area (Å²) in [4.78, 5) is 26.6. The first-order valence-corrected chi connectivity index (χ1v) is 10.1. The minimum atomic E-state index is -0.723. The van der Waals surface area contributed by atoms with Crippen LogP contribution < -0.4 is 10.6 Å². The second-order valence-electron chi connectivity index (χ2n) is 6.81. The molecule has 1 unspecified atom stereocenters. The lowest BCUT2D eigenvalue weighted by molar-refractivity contribution is -0.124. The predicted molar refractivity (Wildman–Crippen MR) is 104 cm³/mol. The number of hydrogen-bond acceptors (Lipinski definition) is 4. The first-order chi connectivity index (χ1) is 13.2. The molecule has 1 aliphatic carbocycles. The second kappa shape index (κ2) is 7.92. The average Bonchev–Trinajstić information content (AvgIpc) is 3.36. The summed E-state index contributed by atoms with van der Waals surface area (Å²) in [5.41, 5.74) is 1.03. The summed E-state index contributed by atoms with van der Waals surface area (Å²) < 4.78 is 0. The highest BCUT2D eigenvalue weighted by atomic mass is 32.1. The lowest BCUT2D eigenvalue weighted by Gasteiger charge is -2.25. The smallest absolute Gasteiger partial charge is 0.273 e. The number of aromatic amines is 1. The van der Waals surface area contributed by atoms with E-state index < -0.39 is 6.04 Å². The van der Waals surface area contributed by atoms with Gasteiger partial charge in [0, 0.05) is 16.3 Å². The highest BCUT2D eigenvalue weighted by Gasteiger charge is 2.28. The van der Waals surface area contributed by atoms with Crippen molar-refractivity contribution >= 4 is 34.1 Å². The van der Waals surface area contributed by atoms with Crippen LogP contribution in [-0.4, -0.2) is 28.1 Å². The molecule has 1 fully saturated rings. The van der Waals surface area contributed by atoms with Crippen molar-refractivity contribution in [3.63, 3.8) is 0 Å². The number of fused-ring (bicyclic) bond motifs is 1. The largest absolute Gasteiger partial charge is 0.351 e. The number of nitrogens with zero attached hydrogens (tertiary/aromatic N) is 1. The van der Waals surface area contributed by atoms with Crippen molar-refractivity contribution in [3.8, 4) is 0 Å². The fourth-order valence-electron chi connectivity index (χ4n) is 3.53. The Hall–Kier alpha value is -2.67. The lowest BCUT2D eigenvalue weighted by atomic mass is 9.95. The van der Waals surface area contributed by atoms with E-state index in [0.717, 1.165) is 36.1 Å². The third-order valence-corrected chi connectivity index (χ3v) is 5.88. The Morgan fingerprint density at radius 3 is 2.89 bits per heavy atom. The van der Waals surface area contributed by atoms with Gasteiger partial charge in [-0.05, 0) is 42.5 Å². The molecule has 2 aromatic heterocycles. The zero-order chi connectivity index (χ0) is 18.6. The van der Waals surface area contributed by atoms with Crippen molar-refractivity contribution in [3.05, 3.63) is 52.3 Å². The molecule has 0 saturated heterocycles. The monoisotopic (exact) mass is 381 g/mol. The summed E-state index contributed by atoms with van der Waals surface area (Å²) in [7, 11) is 0. The normalized spacial score (nSPS) is 16.1. The molecule has 1 radical (unpaired) electrons. The molecule has 1 aromatic carbocycles. The van der Waals surface area contributed by atoms with Crippen LogP contribution in [0.15, 0.2) is 35.7 Å². The Kier molecular flexibility index (Phi) is 5.20. The van der Waals surface area contributed by atoms with Gasteiger partial charge in [-0.25, -0.2) is 0 Å². The van der Waals surface area contributed by atoms with Crippen LogP contribution in [0.1, 0.15) is 53.5 Å². The van der Waals surface area contributed by atoms with Crippen molar-refractivity contribution < 1.29 is 9.59 Å². The highest BCUT2D eigenvalue weighted by molar-refractivity contribution is 7.10. The van der Waals surface area contributed by atoms with E-state index in [9.17, 15) is 9.59 Å². The first kappa shape index (κ1) is 17.7. The van der Waals surface area contributed by atoms with Gasteiger partial charge in [-0.15, -0.1) is 11.3 Å². The summed E-state index contributed by atoms with van der Waals surface area (Å²) in [6.07, 6.45) is 5.49. The van der Waals surface area contributed by atoms with E-state index in [1.807, 2.05) is 23.6 Å². The molecule has 1 aliphatic rings. The average molecular weight is 381 g/mol. The van der Waals surface area contributed by atoms with Crippen LogP contribution >= 0.6 is 11.3 Å². The lowest BCUT2D eigenvalue weighted by Crippen LogP contribution is -2.44. The Labute approximate surface area is 161 Å². The Morgan fingerprint density at radius 2 is 2.11 bits per heavy atom. The zero-order valence-electron chi connectivity index (χ0n) is 14.8. The van der Waals surface area contributed by atoms with E-state index in [4.69, 9.17) is 0 Å². The second-order valence-corrected chi connectivity index (χ2v) is 7.79. The van der Waals surface area contributed by atoms with Crippen molar-refractivity contribution in [1.82, 2.24) is 20.8 Å². The number of carbonyl (C=O) groups is 2. The van der Waals surface area contributed by atoms with Crippen LogP contribution in [0.4, 0.5) is 0 Å². The molecule has 7 heteroatoms. The third kappa shape index (κ3) is 3.88. The third-order valence-electron chi connectivity index (χ3n) is 4.94. The number of amides is 2. The molecule has 1 atom stereocenters. The molecule has 1 saturated carbocycles. The number of H-pyrrole nitrogens is 1. The maximum Gasteiger partial charge on any atom is 0.273 e. The van der Waals surface area contributed by atoms with Gasteiger partial charge in [0.05, 0.1) is 5.52 Å². The number of benzene rings is 1. The summed E-state index contributed by atoms with van der Waals surface area (Å²) in [5.74, 6) is -0.540. The van der Waals surface area contributed by atoms with Crippen LogP contribution in [0.2, 0.25) is 0 Å². The van der Waals surface area contributed by atoms with Crippen LogP contribution in [-0.2, 0) is 4.79 Å². The fourth-order valence-corrected chi connectivity index (χ4v) is 4.30. The molecule has 139 valence electrons. The molecule has 3 N–H and O–H groups in total. The number of nitrogens with one attached hydrogen (secondary N) is 3. The molecule has 0 spiro atoms. The van der Waals surface area contributed by atoms with Gasteiger partial charge in [-0.1, -0.05) is 31.4 Å². The first-order valence-electron chi connectivity index (χ1n) is 9.21. The van der Waals surface area contributed by atoms with E-state index in [0.29, 0.717) is 5.39 Å². The number of carbonyl (C=O) groups excluding carboxylic acids is 2. The molecule has 3 aromatic rings. The molecule has 2 heterocycles. The van der Waals surface area contributed by atoms with E-state index in [-0.39, 0.29) is 23.6 Å². The Balaban J connectivity index is 1.54. The van der Waals surface area contributed by atoms with E-state index >= 15 is 0 Å². The van der Waals surface area contributed by atoms with Gasteiger partial charge in [0.15, 0.2) is 5.69 Å². The Bertz CT molecular complexity index is 929. The van der Waals surface area contributed by atoms with Gasteiger partial charge in [0.1, 0.15) is 6.04 Å². The Morgan fingerprint density at radius 1 is 1.26 bits per heavy atom.